The van der Waals surface area contributed by atoms with Crippen molar-refractivity contribution >= 4 is 81.7 Å². The van der Waals surface area contributed by atoms with Crippen LogP contribution in [0.1, 0.15) is 36.7 Å². The molecule has 0 spiro atoms. The number of hydrogen-bond acceptors (Lipinski definition) is 3. The predicted molar refractivity (Wildman–Crippen MR) is 129 cm³/mol. The van der Waals surface area contributed by atoms with E-state index in [9.17, 15) is 9.59 Å². The second-order valence-corrected chi connectivity index (χ2v) is 8.46. The second-order valence-electron chi connectivity index (χ2n) is 8.46. The molecule has 2 aliphatic rings. The van der Waals surface area contributed by atoms with Gasteiger partial charge in [-0.25, -0.2) is 0 Å². The van der Waals surface area contributed by atoms with Crippen LogP contribution in [0.5, 0.6) is 0 Å². The van der Waals surface area contributed by atoms with Gasteiger partial charge in [0, 0.05) is 43.5 Å². The molecule has 0 fully saturated rings. The summed E-state index contributed by atoms with van der Waals surface area (Å²) in [5, 5.41) is 0.767. The molecular formula is C22H23B4N3O2. The Morgan fingerprint density at radius 2 is 1.74 bits per heavy atom. The van der Waals surface area contributed by atoms with Gasteiger partial charge in [-0.2, -0.15) is 0 Å². The average Bonchev–Trinajstić information content (AvgIpc) is 3.03. The van der Waals surface area contributed by atoms with Crippen molar-refractivity contribution in [3.05, 3.63) is 17.2 Å². The van der Waals surface area contributed by atoms with Gasteiger partial charge in [0.05, 0.1) is 5.92 Å². The Morgan fingerprint density at radius 3 is 2.32 bits per heavy atom. The number of nitrogens with zero attached hydrogens (tertiary/aromatic N) is 3. The van der Waals surface area contributed by atoms with Crippen molar-refractivity contribution in [2.24, 2.45) is 5.92 Å². The number of amides is 1. The molecule has 1 aliphatic carbocycles. The number of likely N-dealkylation sites (N-methyl/N-ethyl adjacent to an activating group) is 1. The van der Waals surface area contributed by atoms with E-state index in [0.29, 0.717) is 42.6 Å². The maximum atomic E-state index is 13.1. The van der Waals surface area contributed by atoms with Crippen LogP contribution in [0.25, 0.3) is 16.5 Å². The lowest BCUT2D eigenvalue weighted by atomic mass is 9.64. The van der Waals surface area contributed by atoms with Gasteiger partial charge in [-0.15, -0.1) is 5.46 Å². The molecule has 2 heterocycles. The van der Waals surface area contributed by atoms with E-state index in [1.54, 1.807) is 0 Å². The van der Waals surface area contributed by atoms with E-state index in [2.05, 4.69) is 4.90 Å². The van der Waals surface area contributed by atoms with Crippen molar-refractivity contribution in [2.45, 2.75) is 33.2 Å². The van der Waals surface area contributed by atoms with Gasteiger partial charge in [0.1, 0.15) is 31.4 Å². The van der Waals surface area contributed by atoms with Gasteiger partial charge >= 0.3 is 0 Å². The van der Waals surface area contributed by atoms with E-state index in [1.165, 1.54) is 11.5 Å². The maximum absolute atomic E-state index is 13.1. The van der Waals surface area contributed by atoms with E-state index in [0.717, 1.165) is 22.1 Å². The first-order valence-corrected chi connectivity index (χ1v) is 10.6. The van der Waals surface area contributed by atoms with Crippen LogP contribution in [0.3, 0.4) is 0 Å². The Kier molecular flexibility index (Phi) is 5.53. The number of benzene rings is 1. The normalized spacial score (nSPS) is 20.5. The first-order chi connectivity index (χ1) is 14.6. The zero-order chi connectivity index (χ0) is 22.8. The fourth-order valence-corrected chi connectivity index (χ4v) is 5.22. The summed E-state index contributed by atoms with van der Waals surface area (Å²) in [6.45, 7) is 7.31. The summed E-state index contributed by atoms with van der Waals surface area (Å²) in [5.41, 5.74) is 4.26. The summed E-state index contributed by atoms with van der Waals surface area (Å²) in [4.78, 5) is 29.6. The third-order valence-corrected chi connectivity index (χ3v) is 6.82. The number of rotatable bonds is 3. The molecular weight excluding hydrogens is 382 g/mol. The Morgan fingerprint density at radius 1 is 1.10 bits per heavy atom. The van der Waals surface area contributed by atoms with Crippen molar-refractivity contribution in [3.8, 4) is 0 Å². The molecule has 9 heteroatoms. The largest absolute Gasteiger partial charge is 0.343 e. The van der Waals surface area contributed by atoms with Gasteiger partial charge in [0.2, 0.25) is 11.8 Å². The fourth-order valence-electron chi connectivity index (χ4n) is 5.22. The highest BCUT2D eigenvalue weighted by atomic mass is 16.2. The Balaban J connectivity index is 2.02. The minimum absolute atomic E-state index is 0.0214. The SMILES string of the molecule is [B]c1c([B])c([B])c2c3c(c([B])n2C(C)=O)CC2C(=CC(C(=O)N(CC)CC)CN2C)c13. The van der Waals surface area contributed by atoms with E-state index in [-0.39, 0.29) is 34.7 Å². The molecule has 0 bridgehead atoms. The number of carbonyl (C=O) groups excluding carboxylic acids is 2. The Bertz CT molecular complexity index is 1150. The average molecular weight is 405 g/mol. The van der Waals surface area contributed by atoms with Crippen LogP contribution in [0, 0.1) is 5.92 Å². The first kappa shape index (κ1) is 22.1. The minimum atomic E-state index is -0.293. The molecule has 1 aromatic heterocycles. The molecule has 0 saturated heterocycles. The van der Waals surface area contributed by atoms with Gasteiger partial charge in [-0.3, -0.25) is 19.1 Å². The van der Waals surface area contributed by atoms with Crippen molar-refractivity contribution in [3.63, 3.8) is 0 Å². The Hall–Kier alpha value is -2.14. The van der Waals surface area contributed by atoms with Crippen LogP contribution in [-0.4, -0.2) is 90.3 Å². The van der Waals surface area contributed by atoms with Gasteiger partial charge in [0.15, 0.2) is 0 Å². The number of hydrogen-bond donors (Lipinski definition) is 0. The molecule has 1 amide bonds. The number of fused-ring (bicyclic) bond motifs is 2. The van der Waals surface area contributed by atoms with Crippen LogP contribution in [0.4, 0.5) is 0 Å². The lowest BCUT2D eigenvalue weighted by Crippen LogP contribution is -2.50. The zero-order valence-electron chi connectivity index (χ0n) is 18.5. The molecule has 5 nitrogen and oxygen atoms in total. The molecule has 31 heavy (non-hydrogen) atoms. The number of carbonyl (C=O) groups is 2. The monoisotopic (exact) mass is 405 g/mol. The van der Waals surface area contributed by atoms with Crippen molar-refractivity contribution in [1.29, 1.82) is 0 Å². The highest BCUT2D eigenvalue weighted by Gasteiger charge is 2.39. The molecule has 2 aromatic rings. The molecule has 2 unspecified atom stereocenters. The molecule has 4 rings (SSSR count). The summed E-state index contributed by atoms with van der Waals surface area (Å²) in [6, 6.07) is -0.0214. The topological polar surface area (TPSA) is 45.6 Å². The van der Waals surface area contributed by atoms with Crippen molar-refractivity contribution < 1.29 is 9.59 Å². The summed E-state index contributed by atoms with van der Waals surface area (Å²) in [6.07, 6.45) is 2.63. The quantitative estimate of drug-likeness (QED) is 0.568. The first-order valence-electron chi connectivity index (χ1n) is 10.6. The smallest absolute Gasteiger partial charge is 0.230 e. The highest BCUT2D eigenvalue weighted by molar-refractivity contribution is 6.62. The molecule has 0 N–H and O–H groups in total. The highest BCUT2D eigenvalue weighted by Crippen LogP contribution is 2.39. The molecule has 1 aliphatic heterocycles. The Labute approximate surface area is 188 Å². The lowest BCUT2D eigenvalue weighted by molar-refractivity contribution is -0.134. The zero-order valence-corrected chi connectivity index (χ0v) is 18.5. The third kappa shape index (κ3) is 3.07. The fraction of sp³-hybridized carbons (Fsp3) is 0.455. The summed E-state index contributed by atoms with van der Waals surface area (Å²) < 4.78 is 1.43. The van der Waals surface area contributed by atoms with Crippen molar-refractivity contribution in [1.82, 2.24) is 14.4 Å². The van der Waals surface area contributed by atoms with Gasteiger partial charge < -0.3 is 4.90 Å². The summed E-state index contributed by atoms with van der Waals surface area (Å²) in [5.74, 6) is -0.441. The van der Waals surface area contributed by atoms with Crippen LogP contribution >= 0.6 is 0 Å². The summed E-state index contributed by atoms with van der Waals surface area (Å²) >= 11 is 0. The van der Waals surface area contributed by atoms with Crippen molar-refractivity contribution in [2.75, 3.05) is 26.7 Å². The molecule has 0 saturated carbocycles. The van der Waals surface area contributed by atoms with Crippen LogP contribution < -0.4 is 22.0 Å². The van der Waals surface area contributed by atoms with E-state index in [4.69, 9.17) is 31.4 Å². The molecule has 1 aromatic carbocycles. The van der Waals surface area contributed by atoms with E-state index >= 15 is 0 Å². The lowest BCUT2D eigenvalue weighted by Gasteiger charge is -2.41. The molecule has 150 valence electrons. The third-order valence-electron chi connectivity index (χ3n) is 6.82. The maximum Gasteiger partial charge on any atom is 0.230 e. The van der Waals surface area contributed by atoms with E-state index < -0.39 is 0 Å². The predicted octanol–water partition coefficient (Wildman–Crippen LogP) is -1.79. The number of aromatic nitrogens is 1. The van der Waals surface area contributed by atoms with Gasteiger partial charge in [-0.1, -0.05) is 17.0 Å². The van der Waals surface area contributed by atoms with Crippen LogP contribution in [0.2, 0.25) is 0 Å². The standard InChI is InChI=1S/C22H23B4N3O2/c1-5-28(6-2)22(31)11-7-12-14(27(4)9-11)8-13-16-15(12)17(23)18(24)19(25)20(16)29(10(3)30)21(13)26/h7,11,14H,5-6,8-9H2,1-4H3. The van der Waals surface area contributed by atoms with E-state index in [1.807, 2.05) is 31.9 Å². The molecule has 2 atom stereocenters. The summed E-state index contributed by atoms with van der Waals surface area (Å²) in [7, 11) is 27.5. The van der Waals surface area contributed by atoms with Crippen LogP contribution in [0.15, 0.2) is 6.08 Å². The second kappa shape index (κ2) is 7.77. The van der Waals surface area contributed by atoms with Crippen LogP contribution in [-0.2, 0) is 11.2 Å². The molecule has 8 radical (unpaired) electrons. The van der Waals surface area contributed by atoms with Gasteiger partial charge in [-0.05, 0) is 49.6 Å². The minimum Gasteiger partial charge on any atom is -0.343 e. The van der Waals surface area contributed by atoms with Gasteiger partial charge in [0.25, 0.3) is 0 Å².